The SMILES string of the molecule is Cc1cccc(OCC(=O)N2CCN(c3cc(=O)n(C(C)C)c(=O)n3C(C)C)CC2)c1. The fourth-order valence-corrected chi connectivity index (χ4v) is 3.89. The number of anilines is 1. The van der Waals surface area contributed by atoms with E-state index in [4.69, 9.17) is 4.74 Å². The van der Waals surface area contributed by atoms with Gasteiger partial charge in [0, 0.05) is 44.3 Å². The average Bonchev–Trinajstić information content (AvgIpc) is 2.71. The molecule has 1 saturated heterocycles. The van der Waals surface area contributed by atoms with Crippen LogP contribution in [0.25, 0.3) is 0 Å². The number of hydrogen-bond acceptors (Lipinski definition) is 5. The van der Waals surface area contributed by atoms with Crippen molar-refractivity contribution in [3.8, 4) is 5.75 Å². The monoisotopic (exact) mass is 428 g/mol. The molecule has 1 aromatic carbocycles. The van der Waals surface area contributed by atoms with Crippen molar-refractivity contribution >= 4 is 11.7 Å². The predicted molar refractivity (Wildman–Crippen MR) is 121 cm³/mol. The minimum absolute atomic E-state index is 0.00934. The number of piperazine rings is 1. The van der Waals surface area contributed by atoms with Gasteiger partial charge in [-0.2, -0.15) is 0 Å². The van der Waals surface area contributed by atoms with Crippen molar-refractivity contribution in [3.05, 3.63) is 56.7 Å². The number of aromatic nitrogens is 2. The predicted octanol–water partition coefficient (Wildman–Crippen LogP) is 2.21. The zero-order chi connectivity index (χ0) is 22.7. The normalized spacial score (nSPS) is 14.4. The van der Waals surface area contributed by atoms with Gasteiger partial charge in [0.2, 0.25) is 0 Å². The number of benzene rings is 1. The van der Waals surface area contributed by atoms with E-state index in [0.717, 1.165) is 5.56 Å². The molecule has 2 aromatic rings. The van der Waals surface area contributed by atoms with Crippen LogP contribution in [0.1, 0.15) is 45.3 Å². The average molecular weight is 429 g/mol. The number of aryl methyl sites for hydroxylation is 1. The van der Waals surface area contributed by atoms with Crippen molar-refractivity contribution in [2.45, 2.75) is 46.7 Å². The van der Waals surface area contributed by atoms with Gasteiger partial charge >= 0.3 is 5.69 Å². The molecule has 0 N–H and O–H groups in total. The Hall–Kier alpha value is -3.03. The van der Waals surface area contributed by atoms with E-state index in [1.54, 1.807) is 15.5 Å². The Morgan fingerprint density at radius 2 is 1.61 bits per heavy atom. The molecule has 8 heteroatoms. The summed E-state index contributed by atoms with van der Waals surface area (Å²) in [4.78, 5) is 41.9. The quantitative estimate of drug-likeness (QED) is 0.705. The van der Waals surface area contributed by atoms with Gasteiger partial charge in [0.05, 0.1) is 0 Å². The molecule has 0 saturated carbocycles. The summed E-state index contributed by atoms with van der Waals surface area (Å²) in [5, 5.41) is 0. The van der Waals surface area contributed by atoms with Crippen LogP contribution < -0.4 is 20.9 Å². The van der Waals surface area contributed by atoms with Crippen LogP contribution in [0.2, 0.25) is 0 Å². The summed E-state index contributed by atoms with van der Waals surface area (Å²) in [5.41, 5.74) is 0.490. The van der Waals surface area contributed by atoms with Gasteiger partial charge in [-0.05, 0) is 52.3 Å². The minimum Gasteiger partial charge on any atom is -0.484 e. The molecule has 1 aliphatic heterocycles. The van der Waals surface area contributed by atoms with Crippen LogP contribution in [0, 0.1) is 6.92 Å². The van der Waals surface area contributed by atoms with E-state index in [1.165, 1.54) is 4.57 Å². The summed E-state index contributed by atoms with van der Waals surface area (Å²) in [5.74, 6) is 1.22. The van der Waals surface area contributed by atoms with Crippen LogP contribution in [0.5, 0.6) is 5.75 Å². The first-order valence-electron chi connectivity index (χ1n) is 10.8. The van der Waals surface area contributed by atoms with Crippen molar-refractivity contribution in [1.29, 1.82) is 0 Å². The molecule has 8 nitrogen and oxygen atoms in total. The maximum atomic E-state index is 13.0. The fraction of sp³-hybridized carbons (Fsp3) is 0.522. The molecule has 0 bridgehead atoms. The zero-order valence-corrected chi connectivity index (χ0v) is 19.0. The van der Waals surface area contributed by atoms with E-state index in [9.17, 15) is 14.4 Å². The highest BCUT2D eigenvalue weighted by Crippen LogP contribution is 2.18. The van der Waals surface area contributed by atoms with Crippen LogP contribution >= 0.6 is 0 Å². The maximum absolute atomic E-state index is 13.0. The molecule has 2 heterocycles. The topological polar surface area (TPSA) is 76.8 Å². The van der Waals surface area contributed by atoms with Gasteiger partial charge in [-0.1, -0.05) is 12.1 Å². The second kappa shape index (κ2) is 9.41. The smallest absolute Gasteiger partial charge is 0.333 e. The van der Waals surface area contributed by atoms with Crippen LogP contribution in [-0.4, -0.2) is 52.7 Å². The number of amides is 1. The first-order chi connectivity index (χ1) is 14.7. The van der Waals surface area contributed by atoms with Gasteiger partial charge in [0.25, 0.3) is 11.5 Å². The maximum Gasteiger partial charge on any atom is 0.333 e. The highest BCUT2D eigenvalue weighted by atomic mass is 16.5. The second-order valence-electron chi connectivity index (χ2n) is 8.52. The molecule has 3 rings (SSSR count). The number of carbonyl (C=O) groups is 1. The molecular weight excluding hydrogens is 396 g/mol. The molecule has 0 spiro atoms. The van der Waals surface area contributed by atoms with E-state index in [2.05, 4.69) is 0 Å². The molecule has 31 heavy (non-hydrogen) atoms. The highest BCUT2D eigenvalue weighted by Gasteiger charge is 2.25. The van der Waals surface area contributed by atoms with E-state index in [1.807, 2.05) is 63.8 Å². The van der Waals surface area contributed by atoms with Crippen molar-refractivity contribution in [2.24, 2.45) is 0 Å². The highest BCUT2D eigenvalue weighted by molar-refractivity contribution is 5.78. The van der Waals surface area contributed by atoms with E-state index < -0.39 is 0 Å². The second-order valence-corrected chi connectivity index (χ2v) is 8.52. The van der Waals surface area contributed by atoms with Gasteiger partial charge in [-0.25, -0.2) is 4.79 Å². The van der Waals surface area contributed by atoms with Crippen LogP contribution in [0.15, 0.2) is 39.9 Å². The van der Waals surface area contributed by atoms with E-state index in [-0.39, 0.29) is 35.8 Å². The van der Waals surface area contributed by atoms with Crippen molar-refractivity contribution in [3.63, 3.8) is 0 Å². The summed E-state index contributed by atoms with van der Waals surface area (Å²) in [6.07, 6.45) is 0. The van der Waals surface area contributed by atoms with Gasteiger partial charge in [0.1, 0.15) is 11.6 Å². The lowest BCUT2D eigenvalue weighted by molar-refractivity contribution is -0.133. The third kappa shape index (κ3) is 5.00. The summed E-state index contributed by atoms with van der Waals surface area (Å²) in [6.45, 7) is 11.6. The Bertz CT molecular complexity index is 1050. The summed E-state index contributed by atoms with van der Waals surface area (Å²) in [7, 11) is 0. The Labute approximate surface area is 182 Å². The minimum atomic E-state index is -0.294. The molecule has 168 valence electrons. The first-order valence-corrected chi connectivity index (χ1v) is 10.8. The Morgan fingerprint density at radius 3 is 2.19 bits per heavy atom. The van der Waals surface area contributed by atoms with Crippen molar-refractivity contribution in [1.82, 2.24) is 14.0 Å². The molecule has 1 aliphatic rings. The van der Waals surface area contributed by atoms with Crippen molar-refractivity contribution < 1.29 is 9.53 Å². The van der Waals surface area contributed by atoms with E-state index >= 15 is 0 Å². The summed E-state index contributed by atoms with van der Waals surface area (Å²) in [6, 6.07) is 8.86. The van der Waals surface area contributed by atoms with Crippen molar-refractivity contribution in [2.75, 3.05) is 37.7 Å². The lowest BCUT2D eigenvalue weighted by Gasteiger charge is -2.37. The van der Waals surface area contributed by atoms with Gasteiger partial charge < -0.3 is 14.5 Å². The number of nitrogens with zero attached hydrogens (tertiary/aromatic N) is 4. The number of ether oxygens (including phenoxy) is 1. The first kappa shape index (κ1) is 22.7. The number of rotatable bonds is 6. The number of hydrogen-bond donors (Lipinski definition) is 0. The van der Waals surface area contributed by atoms with E-state index in [0.29, 0.717) is 37.7 Å². The lowest BCUT2D eigenvalue weighted by atomic mass is 10.2. The summed E-state index contributed by atoms with van der Waals surface area (Å²) < 4.78 is 8.59. The number of carbonyl (C=O) groups excluding carboxylic acids is 1. The van der Waals surface area contributed by atoms with Gasteiger partial charge in [-0.3, -0.25) is 18.7 Å². The Morgan fingerprint density at radius 1 is 0.968 bits per heavy atom. The molecule has 1 fully saturated rings. The standard InChI is InChI=1S/C23H32N4O4/c1-16(2)26-20(14-21(28)27(17(3)4)23(26)30)24-9-11-25(12-10-24)22(29)15-31-19-8-6-7-18(5)13-19/h6-8,13-14,16-17H,9-12,15H2,1-5H3. The Kier molecular flexibility index (Phi) is 6.87. The van der Waals surface area contributed by atoms with Crippen LogP contribution in [0.4, 0.5) is 5.82 Å². The zero-order valence-electron chi connectivity index (χ0n) is 19.0. The summed E-state index contributed by atoms with van der Waals surface area (Å²) >= 11 is 0. The molecular formula is C23H32N4O4. The molecule has 0 atom stereocenters. The van der Waals surface area contributed by atoms with Gasteiger partial charge in [-0.15, -0.1) is 0 Å². The Balaban J connectivity index is 1.70. The third-order valence-electron chi connectivity index (χ3n) is 5.49. The molecule has 1 aromatic heterocycles. The van der Waals surface area contributed by atoms with Crippen LogP contribution in [-0.2, 0) is 4.79 Å². The third-order valence-corrected chi connectivity index (χ3v) is 5.49. The molecule has 0 aliphatic carbocycles. The molecule has 0 radical (unpaired) electrons. The molecule has 1 amide bonds. The molecule has 0 unspecified atom stereocenters. The van der Waals surface area contributed by atoms with Crippen LogP contribution in [0.3, 0.4) is 0 Å². The fourth-order valence-electron chi connectivity index (χ4n) is 3.89. The lowest BCUT2D eigenvalue weighted by Crippen LogP contribution is -2.52. The largest absolute Gasteiger partial charge is 0.484 e. The van der Waals surface area contributed by atoms with Gasteiger partial charge in [0.15, 0.2) is 6.61 Å².